The van der Waals surface area contributed by atoms with Crippen LogP contribution in [0.4, 0.5) is 15.8 Å². The Labute approximate surface area is 236 Å². The molecule has 0 aliphatic rings. The Bertz CT molecular complexity index is 1400. The number of carbonyl (C=O) groups excluding carboxylic acids is 2. The molecule has 1 unspecified atom stereocenters. The minimum atomic E-state index is -0.906. The van der Waals surface area contributed by atoms with E-state index in [2.05, 4.69) is 19.2 Å². The summed E-state index contributed by atoms with van der Waals surface area (Å²) in [6.07, 6.45) is 0.132. The van der Waals surface area contributed by atoms with E-state index in [0.717, 1.165) is 22.4 Å². The van der Waals surface area contributed by atoms with Crippen LogP contribution in [-0.2, 0) is 22.6 Å². The van der Waals surface area contributed by atoms with Crippen LogP contribution < -0.4 is 10.2 Å². The predicted octanol–water partition coefficient (Wildman–Crippen LogP) is 6.97. The van der Waals surface area contributed by atoms with Gasteiger partial charge in [0.25, 0.3) is 5.91 Å². The summed E-state index contributed by atoms with van der Waals surface area (Å²) in [6, 6.07) is 30.0. The van der Waals surface area contributed by atoms with Gasteiger partial charge >= 0.3 is 0 Å². The van der Waals surface area contributed by atoms with Crippen LogP contribution in [0, 0.1) is 5.82 Å². The molecule has 0 saturated heterocycles. The Hall–Kier alpha value is -4.45. The molecule has 40 heavy (non-hydrogen) atoms. The fourth-order valence-electron chi connectivity index (χ4n) is 4.57. The lowest BCUT2D eigenvalue weighted by Crippen LogP contribution is -2.41. The van der Waals surface area contributed by atoms with E-state index in [0.29, 0.717) is 17.2 Å². The van der Waals surface area contributed by atoms with Crippen molar-refractivity contribution in [2.45, 2.75) is 38.8 Å². The van der Waals surface area contributed by atoms with Crippen molar-refractivity contribution < 1.29 is 14.0 Å². The third-order valence-corrected chi connectivity index (χ3v) is 6.91. The molecule has 0 heterocycles. The van der Waals surface area contributed by atoms with Gasteiger partial charge < -0.3 is 15.1 Å². The number of nitrogens with one attached hydrogen (secondary N) is 1. The molecule has 0 fully saturated rings. The van der Waals surface area contributed by atoms with Crippen molar-refractivity contribution in [3.63, 3.8) is 0 Å². The van der Waals surface area contributed by atoms with E-state index in [9.17, 15) is 14.0 Å². The maximum Gasteiger partial charge on any atom is 0.251 e. The SMILES string of the molecule is CC(C)c1ccc(C(C(=O)Nc2ccc(N(C)C)cc2)N(Cc2ccc(F)cc2)C(=O)Cc2ccccc2)cc1. The first kappa shape index (κ1) is 28.6. The topological polar surface area (TPSA) is 52.7 Å². The van der Waals surface area contributed by atoms with E-state index in [-0.39, 0.29) is 30.6 Å². The van der Waals surface area contributed by atoms with Crippen LogP contribution in [0.2, 0.25) is 0 Å². The molecular weight excluding hydrogens is 501 g/mol. The van der Waals surface area contributed by atoms with Gasteiger partial charge in [0.15, 0.2) is 0 Å². The minimum Gasteiger partial charge on any atom is -0.378 e. The summed E-state index contributed by atoms with van der Waals surface area (Å²) in [4.78, 5) is 31.5. The maximum atomic E-state index is 14.0. The van der Waals surface area contributed by atoms with Crippen molar-refractivity contribution in [3.8, 4) is 0 Å². The van der Waals surface area contributed by atoms with Crippen LogP contribution in [0.25, 0.3) is 0 Å². The molecule has 4 aromatic rings. The Balaban J connectivity index is 1.74. The van der Waals surface area contributed by atoms with Gasteiger partial charge in [-0.25, -0.2) is 4.39 Å². The molecule has 0 aromatic heterocycles. The highest BCUT2D eigenvalue weighted by Crippen LogP contribution is 2.28. The van der Waals surface area contributed by atoms with Crippen LogP contribution in [0.1, 0.15) is 48.1 Å². The number of hydrogen-bond donors (Lipinski definition) is 1. The highest BCUT2D eigenvalue weighted by Gasteiger charge is 2.32. The smallest absolute Gasteiger partial charge is 0.251 e. The third kappa shape index (κ3) is 7.35. The van der Waals surface area contributed by atoms with Gasteiger partial charge in [-0.2, -0.15) is 0 Å². The monoisotopic (exact) mass is 537 g/mol. The summed E-state index contributed by atoms with van der Waals surface area (Å²) in [5, 5.41) is 3.03. The molecule has 5 nitrogen and oxygen atoms in total. The summed E-state index contributed by atoms with van der Waals surface area (Å²) in [6.45, 7) is 4.37. The number of anilines is 2. The third-order valence-electron chi connectivity index (χ3n) is 6.91. The Morgan fingerprint density at radius 1 is 0.750 bits per heavy atom. The molecule has 0 bridgehead atoms. The van der Waals surface area contributed by atoms with Crippen molar-refractivity contribution in [2.75, 3.05) is 24.3 Å². The van der Waals surface area contributed by atoms with Crippen LogP contribution in [0.5, 0.6) is 0 Å². The van der Waals surface area contributed by atoms with Crippen LogP contribution >= 0.6 is 0 Å². The summed E-state index contributed by atoms with van der Waals surface area (Å²) in [5.74, 6) is -0.554. The molecule has 206 valence electrons. The maximum absolute atomic E-state index is 14.0. The second kappa shape index (κ2) is 13.1. The zero-order valence-corrected chi connectivity index (χ0v) is 23.5. The Kier molecular flexibility index (Phi) is 9.33. The highest BCUT2D eigenvalue weighted by molar-refractivity contribution is 5.98. The molecule has 1 N–H and O–H groups in total. The molecular formula is C34H36FN3O2. The second-order valence-corrected chi connectivity index (χ2v) is 10.5. The first-order valence-corrected chi connectivity index (χ1v) is 13.5. The van der Waals surface area contributed by atoms with Gasteiger partial charge in [0.1, 0.15) is 11.9 Å². The van der Waals surface area contributed by atoms with Crippen molar-refractivity contribution >= 4 is 23.2 Å². The standard InChI is InChI=1S/C34H36FN3O2/c1-24(2)27-12-14-28(15-13-27)33(34(40)36-30-18-20-31(21-19-30)37(3)4)38(23-26-10-16-29(35)17-11-26)32(39)22-25-8-6-5-7-9-25/h5-21,24,33H,22-23H2,1-4H3,(H,36,40). The number of benzene rings is 4. The van der Waals surface area contributed by atoms with Crippen molar-refractivity contribution in [1.29, 1.82) is 0 Å². The molecule has 4 rings (SSSR count). The predicted molar refractivity (Wildman–Crippen MR) is 160 cm³/mol. The molecule has 4 aromatic carbocycles. The molecule has 0 saturated carbocycles. The lowest BCUT2D eigenvalue weighted by Gasteiger charge is -2.32. The van der Waals surface area contributed by atoms with E-state index in [1.165, 1.54) is 12.1 Å². The molecule has 0 aliphatic carbocycles. The van der Waals surface area contributed by atoms with Crippen LogP contribution in [0.15, 0.2) is 103 Å². The van der Waals surface area contributed by atoms with Gasteiger partial charge in [0.2, 0.25) is 5.91 Å². The quantitative estimate of drug-likeness (QED) is 0.238. The second-order valence-electron chi connectivity index (χ2n) is 10.5. The van der Waals surface area contributed by atoms with Crippen LogP contribution in [-0.4, -0.2) is 30.8 Å². The van der Waals surface area contributed by atoms with E-state index < -0.39 is 6.04 Å². The number of nitrogens with zero attached hydrogens (tertiary/aromatic N) is 2. The molecule has 0 radical (unpaired) electrons. The molecule has 1 atom stereocenters. The van der Waals surface area contributed by atoms with Gasteiger partial charge in [-0.1, -0.05) is 80.6 Å². The molecule has 2 amide bonds. The lowest BCUT2D eigenvalue weighted by atomic mass is 9.97. The molecule has 6 heteroatoms. The van der Waals surface area contributed by atoms with Gasteiger partial charge in [-0.3, -0.25) is 9.59 Å². The Morgan fingerprint density at radius 2 is 1.35 bits per heavy atom. The first-order valence-electron chi connectivity index (χ1n) is 13.5. The minimum absolute atomic E-state index is 0.132. The average molecular weight is 538 g/mol. The number of rotatable bonds is 10. The van der Waals surface area contributed by atoms with Gasteiger partial charge in [0.05, 0.1) is 6.42 Å². The fraction of sp³-hybridized carbons (Fsp3) is 0.235. The van der Waals surface area contributed by atoms with E-state index in [1.54, 1.807) is 17.0 Å². The Morgan fingerprint density at radius 3 is 1.93 bits per heavy atom. The molecule has 0 spiro atoms. The van der Waals surface area contributed by atoms with Crippen LogP contribution in [0.3, 0.4) is 0 Å². The highest BCUT2D eigenvalue weighted by atomic mass is 19.1. The van der Waals surface area contributed by atoms with Crippen molar-refractivity contribution in [1.82, 2.24) is 4.90 Å². The number of amides is 2. The summed E-state index contributed by atoms with van der Waals surface area (Å²) < 4.78 is 13.7. The summed E-state index contributed by atoms with van der Waals surface area (Å²) in [5.41, 5.74) is 5.07. The number of hydrogen-bond acceptors (Lipinski definition) is 3. The lowest BCUT2D eigenvalue weighted by molar-refractivity contribution is -0.139. The van der Waals surface area contributed by atoms with E-state index in [1.807, 2.05) is 97.9 Å². The number of halogens is 1. The van der Waals surface area contributed by atoms with Gasteiger partial charge in [-0.15, -0.1) is 0 Å². The normalized spacial score (nSPS) is 11.7. The first-order chi connectivity index (χ1) is 19.2. The van der Waals surface area contributed by atoms with Gasteiger partial charge in [0, 0.05) is 32.0 Å². The van der Waals surface area contributed by atoms with Crippen molar-refractivity contribution in [2.24, 2.45) is 0 Å². The summed E-state index contributed by atoms with van der Waals surface area (Å²) in [7, 11) is 3.91. The zero-order chi connectivity index (χ0) is 28.6. The summed E-state index contributed by atoms with van der Waals surface area (Å²) >= 11 is 0. The van der Waals surface area contributed by atoms with Gasteiger partial charge in [-0.05, 0) is 64.6 Å². The largest absolute Gasteiger partial charge is 0.378 e. The van der Waals surface area contributed by atoms with E-state index >= 15 is 0 Å². The molecule has 0 aliphatic heterocycles. The van der Waals surface area contributed by atoms with E-state index in [4.69, 9.17) is 0 Å². The average Bonchev–Trinajstić information content (AvgIpc) is 2.95. The van der Waals surface area contributed by atoms with Crippen molar-refractivity contribution in [3.05, 3.63) is 131 Å². The fourth-order valence-corrected chi connectivity index (χ4v) is 4.57. The zero-order valence-electron chi connectivity index (χ0n) is 23.5. The number of carbonyl (C=O) groups is 2.